The molecule has 1 aliphatic heterocycles. The lowest BCUT2D eigenvalue weighted by molar-refractivity contribution is -0.134. The van der Waals surface area contributed by atoms with Gasteiger partial charge in [-0.2, -0.15) is 0 Å². The molecule has 6 heteroatoms. The molecule has 1 aromatic rings. The van der Waals surface area contributed by atoms with E-state index in [9.17, 15) is 14.4 Å². The van der Waals surface area contributed by atoms with Crippen LogP contribution in [0.4, 0.5) is 5.69 Å². The van der Waals surface area contributed by atoms with Crippen molar-refractivity contribution < 1.29 is 14.4 Å². The number of amides is 3. The van der Waals surface area contributed by atoms with Gasteiger partial charge in [-0.1, -0.05) is 25.1 Å². The number of piperazine rings is 1. The Morgan fingerprint density at radius 3 is 2.39 bits per heavy atom. The fourth-order valence-corrected chi connectivity index (χ4v) is 2.75. The Morgan fingerprint density at radius 2 is 1.83 bits per heavy atom. The summed E-state index contributed by atoms with van der Waals surface area (Å²) in [6, 6.07) is 7.65. The monoisotopic (exact) mass is 317 g/mol. The van der Waals surface area contributed by atoms with Crippen molar-refractivity contribution in [2.45, 2.75) is 20.3 Å². The minimum absolute atomic E-state index is 0.0352. The third kappa shape index (κ3) is 4.09. The van der Waals surface area contributed by atoms with E-state index in [-0.39, 0.29) is 18.4 Å². The van der Waals surface area contributed by atoms with Gasteiger partial charge < -0.3 is 14.7 Å². The molecule has 0 bridgehead atoms. The van der Waals surface area contributed by atoms with E-state index in [1.807, 2.05) is 31.2 Å². The van der Waals surface area contributed by atoms with Gasteiger partial charge in [-0.15, -0.1) is 0 Å². The van der Waals surface area contributed by atoms with Gasteiger partial charge in [-0.05, 0) is 18.1 Å². The second-order valence-electron chi connectivity index (χ2n) is 5.61. The molecular formula is C17H23N3O3. The van der Waals surface area contributed by atoms with Crippen molar-refractivity contribution in [3.63, 3.8) is 0 Å². The average Bonchev–Trinajstić information content (AvgIpc) is 2.59. The molecule has 1 aromatic carbocycles. The van der Waals surface area contributed by atoms with Crippen molar-refractivity contribution in [2.75, 3.05) is 37.6 Å². The van der Waals surface area contributed by atoms with Gasteiger partial charge in [0, 0.05) is 38.8 Å². The van der Waals surface area contributed by atoms with E-state index in [4.69, 9.17) is 0 Å². The van der Waals surface area contributed by atoms with Crippen LogP contribution in [-0.4, -0.2) is 60.7 Å². The second-order valence-corrected chi connectivity index (χ2v) is 5.61. The highest BCUT2D eigenvalue weighted by molar-refractivity contribution is 5.98. The predicted molar refractivity (Wildman–Crippen MR) is 88.1 cm³/mol. The van der Waals surface area contributed by atoms with Crippen LogP contribution < -0.4 is 4.90 Å². The van der Waals surface area contributed by atoms with E-state index in [2.05, 4.69) is 0 Å². The van der Waals surface area contributed by atoms with Crippen LogP contribution in [0, 0.1) is 0 Å². The zero-order valence-electron chi connectivity index (χ0n) is 13.7. The van der Waals surface area contributed by atoms with Crippen LogP contribution in [0.1, 0.15) is 19.4 Å². The Morgan fingerprint density at radius 1 is 1.17 bits per heavy atom. The average molecular weight is 317 g/mol. The summed E-state index contributed by atoms with van der Waals surface area (Å²) < 4.78 is 0. The van der Waals surface area contributed by atoms with Crippen LogP contribution in [0.2, 0.25) is 0 Å². The predicted octanol–water partition coefficient (Wildman–Crippen LogP) is 0.903. The maximum atomic E-state index is 12.5. The smallest absolute Gasteiger partial charge is 0.242 e. The van der Waals surface area contributed by atoms with E-state index in [1.54, 1.807) is 9.80 Å². The maximum Gasteiger partial charge on any atom is 0.242 e. The summed E-state index contributed by atoms with van der Waals surface area (Å²) in [6.45, 7) is 5.65. The number of carbonyl (C=O) groups excluding carboxylic acids is 3. The van der Waals surface area contributed by atoms with E-state index in [1.165, 1.54) is 11.8 Å². The molecule has 1 saturated heterocycles. The van der Waals surface area contributed by atoms with E-state index in [0.29, 0.717) is 26.2 Å². The first-order chi connectivity index (χ1) is 11.1. The number of benzene rings is 1. The maximum absolute atomic E-state index is 12.5. The highest BCUT2D eigenvalue weighted by Gasteiger charge is 2.24. The molecule has 0 saturated carbocycles. The molecule has 1 aliphatic rings. The normalized spacial score (nSPS) is 14.5. The molecule has 0 aliphatic carbocycles. The topological polar surface area (TPSA) is 60.9 Å². The highest BCUT2D eigenvalue weighted by Crippen LogP contribution is 2.21. The molecule has 6 nitrogen and oxygen atoms in total. The molecule has 0 unspecified atom stereocenters. The van der Waals surface area contributed by atoms with Crippen LogP contribution in [-0.2, 0) is 20.8 Å². The summed E-state index contributed by atoms with van der Waals surface area (Å²) in [4.78, 5) is 40.2. The molecule has 0 atom stereocenters. The number of hydrogen-bond acceptors (Lipinski definition) is 3. The lowest BCUT2D eigenvalue weighted by Crippen LogP contribution is -2.51. The minimum atomic E-state index is -0.147. The van der Waals surface area contributed by atoms with Crippen molar-refractivity contribution in [3.05, 3.63) is 29.8 Å². The number of rotatable bonds is 5. The first-order valence-corrected chi connectivity index (χ1v) is 7.90. The number of anilines is 1. The molecule has 3 amide bonds. The van der Waals surface area contributed by atoms with Crippen LogP contribution in [0.15, 0.2) is 24.3 Å². The van der Waals surface area contributed by atoms with Crippen LogP contribution in [0.25, 0.3) is 0 Å². The Kier molecular flexibility index (Phi) is 5.73. The lowest BCUT2D eigenvalue weighted by atomic mass is 10.1. The van der Waals surface area contributed by atoms with E-state index < -0.39 is 0 Å². The van der Waals surface area contributed by atoms with Crippen LogP contribution in [0.5, 0.6) is 0 Å². The van der Waals surface area contributed by atoms with E-state index >= 15 is 0 Å². The van der Waals surface area contributed by atoms with Crippen molar-refractivity contribution in [1.82, 2.24) is 9.80 Å². The third-order valence-electron chi connectivity index (χ3n) is 4.15. The molecule has 124 valence electrons. The fraction of sp³-hybridized carbons (Fsp3) is 0.471. The number of hydrogen-bond donors (Lipinski definition) is 0. The van der Waals surface area contributed by atoms with Gasteiger partial charge >= 0.3 is 0 Å². The number of para-hydroxylation sites is 1. The molecule has 0 radical (unpaired) electrons. The molecule has 0 N–H and O–H groups in total. The lowest BCUT2D eigenvalue weighted by Gasteiger charge is -2.34. The zero-order chi connectivity index (χ0) is 16.8. The van der Waals surface area contributed by atoms with Crippen LogP contribution >= 0.6 is 0 Å². The SMILES string of the molecule is CCc1ccccc1N(CC(=O)N1CCN(C=O)CC1)C(C)=O. The van der Waals surface area contributed by atoms with Gasteiger partial charge in [-0.3, -0.25) is 14.4 Å². The van der Waals surface area contributed by atoms with E-state index in [0.717, 1.165) is 24.1 Å². The van der Waals surface area contributed by atoms with Gasteiger partial charge in [0.1, 0.15) is 6.54 Å². The molecule has 23 heavy (non-hydrogen) atoms. The second kappa shape index (κ2) is 7.76. The first kappa shape index (κ1) is 17.0. The van der Waals surface area contributed by atoms with Crippen molar-refractivity contribution in [2.24, 2.45) is 0 Å². The van der Waals surface area contributed by atoms with Gasteiger partial charge in [0.15, 0.2) is 0 Å². The summed E-state index contributed by atoms with van der Waals surface area (Å²) in [7, 11) is 0. The highest BCUT2D eigenvalue weighted by atomic mass is 16.2. The molecule has 1 heterocycles. The largest absolute Gasteiger partial charge is 0.342 e. The summed E-state index contributed by atoms with van der Waals surface area (Å²) in [6.07, 6.45) is 1.60. The zero-order valence-corrected chi connectivity index (χ0v) is 13.7. The Balaban J connectivity index is 2.09. The summed E-state index contributed by atoms with van der Waals surface area (Å²) >= 11 is 0. The van der Waals surface area contributed by atoms with Gasteiger partial charge in [0.05, 0.1) is 0 Å². The first-order valence-electron chi connectivity index (χ1n) is 7.90. The minimum Gasteiger partial charge on any atom is -0.342 e. The van der Waals surface area contributed by atoms with Gasteiger partial charge in [-0.25, -0.2) is 0 Å². The standard InChI is InChI=1S/C17H23N3O3/c1-3-15-6-4-5-7-16(15)20(14(2)22)12-17(23)19-10-8-18(13-21)9-11-19/h4-7,13H,3,8-12H2,1-2H3. The number of aryl methyl sites for hydroxylation is 1. The molecule has 0 spiro atoms. The van der Waals surface area contributed by atoms with Crippen molar-refractivity contribution in [1.29, 1.82) is 0 Å². The molecular weight excluding hydrogens is 294 g/mol. The molecule has 2 rings (SSSR count). The third-order valence-corrected chi connectivity index (χ3v) is 4.15. The number of carbonyl (C=O) groups is 3. The Bertz CT molecular complexity index is 580. The van der Waals surface area contributed by atoms with Gasteiger partial charge in [0.2, 0.25) is 18.2 Å². The molecule has 0 aromatic heterocycles. The summed E-state index contributed by atoms with van der Waals surface area (Å²) in [5.41, 5.74) is 1.84. The Hall–Kier alpha value is -2.37. The number of nitrogens with zero attached hydrogens (tertiary/aromatic N) is 3. The molecule has 1 fully saturated rings. The quantitative estimate of drug-likeness (QED) is 0.758. The van der Waals surface area contributed by atoms with Crippen molar-refractivity contribution >= 4 is 23.9 Å². The fourth-order valence-electron chi connectivity index (χ4n) is 2.75. The van der Waals surface area contributed by atoms with Crippen LogP contribution in [0.3, 0.4) is 0 Å². The Labute approximate surface area is 136 Å². The summed E-state index contributed by atoms with van der Waals surface area (Å²) in [5, 5.41) is 0. The summed E-state index contributed by atoms with van der Waals surface area (Å²) in [5.74, 6) is -0.234. The van der Waals surface area contributed by atoms with Crippen molar-refractivity contribution in [3.8, 4) is 0 Å². The van der Waals surface area contributed by atoms with Gasteiger partial charge in [0.25, 0.3) is 0 Å².